The van der Waals surface area contributed by atoms with Crippen LogP contribution in [0.25, 0.3) is 11.4 Å². The Morgan fingerprint density at radius 2 is 1.74 bits per heavy atom. The maximum atomic E-state index is 12.6. The zero-order chi connectivity index (χ0) is 24.1. The first-order chi connectivity index (χ1) is 16.3. The fourth-order valence-corrected chi connectivity index (χ4v) is 5.12. The van der Waals surface area contributed by atoms with Crippen LogP contribution in [-0.2, 0) is 10.2 Å². The van der Waals surface area contributed by atoms with Crippen molar-refractivity contribution in [2.24, 2.45) is 0 Å². The van der Waals surface area contributed by atoms with Gasteiger partial charge >= 0.3 is 0 Å². The highest BCUT2D eigenvalue weighted by Crippen LogP contribution is 2.36. The van der Waals surface area contributed by atoms with Gasteiger partial charge in [0.2, 0.25) is 5.91 Å². The van der Waals surface area contributed by atoms with Crippen LogP contribution in [0, 0.1) is 11.3 Å². The van der Waals surface area contributed by atoms with E-state index < -0.39 is 0 Å². The molecular formula is C27H31N5OS. The molecule has 2 aromatic carbocycles. The van der Waals surface area contributed by atoms with Crippen molar-refractivity contribution < 1.29 is 4.79 Å². The van der Waals surface area contributed by atoms with Gasteiger partial charge in [-0.25, -0.2) is 0 Å². The molecule has 0 spiro atoms. The molecule has 1 heterocycles. The van der Waals surface area contributed by atoms with Crippen LogP contribution in [0.4, 0.5) is 5.69 Å². The smallest absolute Gasteiger partial charge is 0.234 e. The Hall–Kier alpha value is -3.11. The summed E-state index contributed by atoms with van der Waals surface area (Å²) in [6.07, 6.45) is 5.89. The number of thioether (sulfide) groups is 1. The number of carbonyl (C=O) groups excluding carboxylic acids is 1. The highest BCUT2D eigenvalue weighted by atomic mass is 32.2. The van der Waals surface area contributed by atoms with Gasteiger partial charge in [-0.2, -0.15) is 5.26 Å². The Morgan fingerprint density at radius 1 is 1.06 bits per heavy atom. The summed E-state index contributed by atoms with van der Waals surface area (Å²) >= 11 is 1.42. The van der Waals surface area contributed by atoms with E-state index in [4.69, 9.17) is 5.26 Å². The molecule has 1 amide bonds. The predicted octanol–water partition coefficient (Wildman–Crippen LogP) is 6.35. The summed E-state index contributed by atoms with van der Waals surface area (Å²) in [5, 5.41) is 21.7. The molecule has 1 aliphatic carbocycles. The summed E-state index contributed by atoms with van der Waals surface area (Å²) in [6, 6.07) is 17.9. The van der Waals surface area contributed by atoms with Gasteiger partial charge in [0.25, 0.3) is 0 Å². The third-order valence-corrected chi connectivity index (χ3v) is 7.19. The molecule has 0 atom stereocenters. The molecule has 6 nitrogen and oxygen atoms in total. The number of hydrogen-bond donors (Lipinski definition) is 1. The molecule has 0 saturated heterocycles. The number of anilines is 1. The Morgan fingerprint density at radius 3 is 2.35 bits per heavy atom. The fraction of sp³-hybridized carbons (Fsp3) is 0.407. The molecule has 176 valence electrons. The van der Waals surface area contributed by atoms with Crippen LogP contribution in [0.3, 0.4) is 0 Å². The van der Waals surface area contributed by atoms with Crippen molar-refractivity contribution in [3.05, 3.63) is 59.7 Å². The van der Waals surface area contributed by atoms with Crippen LogP contribution in [0.5, 0.6) is 0 Å². The second-order valence-electron chi connectivity index (χ2n) is 9.82. The van der Waals surface area contributed by atoms with Crippen molar-refractivity contribution in [1.82, 2.24) is 14.8 Å². The van der Waals surface area contributed by atoms with Crippen LogP contribution in [0.15, 0.2) is 53.7 Å². The van der Waals surface area contributed by atoms with Crippen molar-refractivity contribution in [2.45, 2.75) is 69.5 Å². The van der Waals surface area contributed by atoms with E-state index in [9.17, 15) is 4.79 Å². The average molecular weight is 474 g/mol. The third kappa shape index (κ3) is 5.68. The van der Waals surface area contributed by atoms with Crippen LogP contribution in [0.1, 0.15) is 70.0 Å². The molecule has 7 heteroatoms. The molecule has 1 aliphatic rings. The topological polar surface area (TPSA) is 83.6 Å². The first kappa shape index (κ1) is 24.0. The number of benzene rings is 2. The summed E-state index contributed by atoms with van der Waals surface area (Å²) in [6.45, 7) is 6.64. The van der Waals surface area contributed by atoms with Gasteiger partial charge in [-0.05, 0) is 48.1 Å². The van der Waals surface area contributed by atoms with E-state index in [2.05, 4.69) is 71.2 Å². The summed E-state index contributed by atoms with van der Waals surface area (Å²) in [5.41, 5.74) is 3.68. The van der Waals surface area contributed by atoms with Crippen molar-refractivity contribution in [3.63, 3.8) is 0 Å². The van der Waals surface area contributed by atoms with Gasteiger partial charge in [0, 0.05) is 17.3 Å². The lowest BCUT2D eigenvalue weighted by Crippen LogP contribution is -2.17. The van der Waals surface area contributed by atoms with Crippen molar-refractivity contribution in [2.75, 3.05) is 11.1 Å². The summed E-state index contributed by atoms with van der Waals surface area (Å²) in [7, 11) is 0. The Balaban J connectivity index is 1.53. The van der Waals surface area contributed by atoms with Gasteiger partial charge in [0.05, 0.1) is 17.4 Å². The molecule has 1 fully saturated rings. The predicted molar refractivity (Wildman–Crippen MR) is 137 cm³/mol. The number of hydrogen-bond acceptors (Lipinski definition) is 5. The van der Waals surface area contributed by atoms with Gasteiger partial charge in [-0.3, -0.25) is 9.36 Å². The Bertz CT molecular complexity index is 1160. The highest BCUT2D eigenvalue weighted by Gasteiger charge is 2.24. The monoisotopic (exact) mass is 473 g/mol. The number of amides is 1. The lowest BCUT2D eigenvalue weighted by Gasteiger charge is -2.26. The molecule has 1 saturated carbocycles. The van der Waals surface area contributed by atoms with E-state index >= 15 is 0 Å². The normalized spacial score (nSPS) is 14.5. The number of nitriles is 1. The largest absolute Gasteiger partial charge is 0.325 e. The molecule has 0 unspecified atom stereocenters. The zero-order valence-corrected chi connectivity index (χ0v) is 20.9. The highest BCUT2D eigenvalue weighted by molar-refractivity contribution is 7.99. The molecular weight excluding hydrogens is 442 g/mol. The molecule has 3 aromatic rings. The van der Waals surface area contributed by atoms with E-state index in [1.165, 1.54) is 36.6 Å². The first-order valence-electron chi connectivity index (χ1n) is 11.8. The van der Waals surface area contributed by atoms with Crippen LogP contribution >= 0.6 is 11.8 Å². The molecule has 4 rings (SSSR count). The number of nitrogens with zero attached hydrogens (tertiary/aromatic N) is 4. The SMILES string of the molecule is CC(C)(C)c1ccc(-c2nnc(SCC(=O)Nc3ccc(C#N)cc3)n2C2CCCCC2)cc1. The number of aromatic nitrogens is 3. The second kappa shape index (κ2) is 10.4. The second-order valence-corrected chi connectivity index (χ2v) is 10.8. The van der Waals surface area contributed by atoms with Gasteiger partial charge in [0.1, 0.15) is 0 Å². The van der Waals surface area contributed by atoms with Crippen molar-refractivity contribution in [1.29, 1.82) is 5.26 Å². The molecule has 0 aliphatic heterocycles. The molecule has 1 N–H and O–H groups in total. The number of rotatable bonds is 6. The number of nitrogens with one attached hydrogen (secondary N) is 1. The van der Waals surface area contributed by atoms with Gasteiger partial charge in [-0.1, -0.05) is 76.1 Å². The van der Waals surface area contributed by atoms with Crippen LogP contribution in [0.2, 0.25) is 0 Å². The van der Waals surface area contributed by atoms with E-state index in [0.29, 0.717) is 17.3 Å². The number of carbonyl (C=O) groups is 1. The molecule has 34 heavy (non-hydrogen) atoms. The maximum absolute atomic E-state index is 12.6. The van der Waals surface area contributed by atoms with Gasteiger partial charge < -0.3 is 5.32 Å². The van der Waals surface area contributed by atoms with E-state index in [1.807, 2.05) is 0 Å². The fourth-order valence-electron chi connectivity index (χ4n) is 4.32. The van der Waals surface area contributed by atoms with Gasteiger partial charge in [0.15, 0.2) is 11.0 Å². The lowest BCUT2D eigenvalue weighted by molar-refractivity contribution is -0.113. The summed E-state index contributed by atoms with van der Waals surface area (Å²) in [4.78, 5) is 12.6. The third-order valence-electron chi connectivity index (χ3n) is 6.24. The van der Waals surface area contributed by atoms with E-state index in [-0.39, 0.29) is 17.1 Å². The minimum Gasteiger partial charge on any atom is -0.325 e. The van der Waals surface area contributed by atoms with Crippen molar-refractivity contribution >= 4 is 23.4 Å². The van der Waals surface area contributed by atoms with Crippen LogP contribution < -0.4 is 5.32 Å². The van der Waals surface area contributed by atoms with Gasteiger partial charge in [-0.15, -0.1) is 10.2 Å². The van der Waals surface area contributed by atoms with Crippen LogP contribution in [-0.4, -0.2) is 26.4 Å². The maximum Gasteiger partial charge on any atom is 0.234 e. The first-order valence-corrected chi connectivity index (χ1v) is 12.8. The zero-order valence-electron chi connectivity index (χ0n) is 20.0. The summed E-state index contributed by atoms with van der Waals surface area (Å²) < 4.78 is 2.25. The standard InChI is InChI=1S/C27H31N5OS/c1-27(2,3)21-13-11-20(12-14-21)25-30-31-26(32(25)23-7-5-4-6-8-23)34-18-24(33)29-22-15-9-19(17-28)10-16-22/h9-16,23H,4-8,18H2,1-3H3,(H,29,33). The summed E-state index contributed by atoms with van der Waals surface area (Å²) in [5.74, 6) is 1.01. The lowest BCUT2D eigenvalue weighted by atomic mass is 9.86. The average Bonchev–Trinajstić information content (AvgIpc) is 3.27. The Labute approximate surface area is 205 Å². The Kier molecular flexibility index (Phi) is 7.38. The molecule has 0 bridgehead atoms. The van der Waals surface area contributed by atoms with Crippen molar-refractivity contribution in [3.8, 4) is 17.5 Å². The molecule has 0 radical (unpaired) electrons. The molecule has 1 aromatic heterocycles. The minimum atomic E-state index is -0.107. The minimum absolute atomic E-state index is 0.0961. The quantitative estimate of drug-likeness (QED) is 0.422. The van der Waals surface area contributed by atoms with E-state index in [0.717, 1.165) is 29.4 Å². The van der Waals surface area contributed by atoms with E-state index in [1.54, 1.807) is 24.3 Å².